The maximum Gasteiger partial charge on any atom is 0.328 e. The van der Waals surface area contributed by atoms with Gasteiger partial charge >= 0.3 is 5.97 Å². The Morgan fingerprint density at radius 1 is 1.55 bits per heavy atom. The number of hydrogen-bond donors (Lipinski definition) is 1. The van der Waals surface area contributed by atoms with Gasteiger partial charge in [0.15, 0.2) is 0 Å². The average Bonchev–Trinajstić information content (AvgIpc) is 2.92. The van der Waals surface area contributed by atoms with Crippen LogP contribution in [0.1, 0.15) is 24.8 Å². The smallest absolute Gasteiger partial charge is 0.328 e. The van der Waals surface area contributed by atoms with Crippen LogP contribution < -0.4 is 4.74 Å². The highest BCUT2D eigenvalue weighted by atomic mass is 35.5. The first-order valence-electron chi connectivity index (χ1n) is 6.61. The van der Waals surface area contributed by atoms with Crippen molar-refractivity contribution >= 4 is 23.6 Å². The number of benzene rings is 1. The van der Waals surface area contributed by atoms with E-state index in [1.54, 1.807) is 18.2 Å². The van der Waals surface area contributed by atoms with E-state index < -0.39 is 5.97 Å². The molecular weight excluding hydrogens is 280 g/mol. The second kappa shape index (κ2) is 7.31. The van der Waals surface area contributed by atoms with Crippen molar-refractivity contribution in [2.45, 2.75) is 25.4 Å². The molecule has 1 atom stereocenters. The minimum atomic E-state index is -1.00. The van der Waals surface area contributed by atoms with Crippen LogP contribution in [0.5, 0.6) is 5.75 Å². The predicted molar refractivity (Wildman–Crippen MR) is 77.2 cm³/mol. The fourth-order valence-corrected chi connectivity index (χ4v) is 2.37. The van der Waals surface area contributed by atoms with Crippen molar-refractivity contribution in [1.29, 1.82) is 0 Å². The lowest BCUT2D eigenvalue weighted by molar-refractivity contribution is -0.131. The summed E-state index contributed by atoms with van der Waals surface area (Å²) in [7, 11) is 0. The van der Waals surface area contributed by atoms with Gasteiger partial charge in [0.25, 0.3) is 0 Å². The van der Waals surface area contributed by atoms with Crippen molar-refractivity contribution in [3.05, 3.63) is 34.9 Å². The fraction of sp³-hybridized carbons (Fsp3) is 0.400. The topological polar surface area (TPSA) is 55.8 Å². The standard InChI is InChI=1S/C15H17ClO4/c16-13-5-1-3-11(6-7-14(17)18)15(13)20-10-8-12-4-2-9-19-12/h1,3,5-7,12H,2,4,8-10H2,(H,17,18)/b7-6+. The highest BCUT2D eigenvalue weighted by molar-refractivity contribution is 6.32. The summed E-state index contributed by atoms with van der Waals surface area (Å²) in [5.74, 6) is -0.486. The van der Waals surface area contributed by atoms with Crippen LogP contribution in [0.4, 0.5) is 0 Å². The molecule has 5 heteroatoms. The summed E-state index contributed by atoms with van der Waals surface area (Å²) in [6.07, 6.45) is 5.79. The van der Waals surface area contributed by atoms with Crippen molar-refractivity contribution < 1.29 is 19.4 Å². The quantitative estimate of drug-likeness (QED) is 0.818. The number of rotatable bonds is 6. The largest absolute Gasteiger partial charge is 0.491 e. The maximum atomic E-state index is 10.6. The zero-order valence-electron chi connectivity index (χ0n) is 11.0. The Hall–Kier alpha value is -1.52. The Morgan fingerprint density at radius 3 is 3.10 bits per heavy atom. The van der Waals surface area contributed by atoms with Crippen LogP contribution in [0.2, 0.25) is 5.02 Å². The van der Waals surface area contributed by atoms with E-state index in [-0.39, 0.29) is 6.10 Å². The first kappa shape index (κ1) is 14.9. The molecule has 2 rings (SSSR count). The summed E-state index contributed by atoms with van der Waals surface area (Å²) in [6, 6.07) is 5.25. The monoisotopic (exact) mass is 296 g/mol. The van der Waals surface area contributed by atoms with Crippen molar-refractivity contribution in [1.82, 2.24) is 0 Å². The number of aliphatic carboxylic acids is 1. The molecule has 1 N–H and O–H groups in total. The van der Waals surface area contributed by atoms with Gasteiger partial charge in [-0.2, -0.15) is 0 Å². The zero-order valence-corrected chi connectivity index (χ0v) is 11.8. The third kappa shape index (κ3) is 4.25. The lowest BCUT2D eigenvalue weighted by atomic mass is 10.1. The molecule has 0 bridgehead atoms. The van der Waals surface area contributed by atoms with Gasteiger partial charge < -0.3 is 14.6 Å². The van der Waals surface area contributed by atoms with Crippen LogP contribution >= 0.6 is 11.6 Å². The summed E-state index contributed by atoms with van der Waals surface area (Å²) in [6.45, 7) is 1.33. The molecule has 1 saturated heterocycles. The molecule has 1 aliphatic rings. The van der Waals surface area contributed by atoms with Crippen LogP contribution in [0.15, 0.2) is 24.3 Å². The molecule has 0 saturated carbocycles. The van der Waals surface area contributed by atoms with E-state index in [9.17, 15) is 4.79 Å². The molecule has 1 heterocycles. The van der Waals surface area contributed by atoms with Crippen molar-refractivity contribution in [3.8, 4) is 5.75 Å². The van der Waals surface area contributed by atoms with Gasteiger partial charge in [-0.05, 0) is 25.0 Å². The normalized spacial score (nSPS) is 18.6. The second-order valence-corrected chi connectivity index (χ2v) is 5.01. The summed E-state index contributed by atoms with van der Waals surface area (Å²) < 4.78 is 11.2. The number of para-hydroxylation sites is 1. The number of carbonyl (C=O) groups is 1. The molecule has 1 fully saturated rings. The molecule has 108 valence electrons. The van der Waals surface area contributed by atoms with Gasteiger partial charge in [-0.25, -0.2) is 4.79 Å². The number of carboxylic acids is 1. The molecule has 4 nitrogen and oxygen atoms in total. The van der Waals surface area contributed by atoms with Crippen molar-refractivity contribution in [2.24, 2.45) is 0 Å². The highest BCUT2D eigenvalue weighted by Crippen LogP contribution is 2.30. The minimum absolute atomic E-state index is 0.260. The van der Waals surface area contributed by atoms with Crippen LogP contribution in [0, 0.1) is 0 Å². The number of ether oxygens (including phenoxy) is 2. The Morgan fingerprint density at radius 2 is 2.40 bits per heavy atom. The fourth-order valence-electron chi connectivity index (χ4n) is 2.13. The molecule has 1 unspecified atom stereocenters. The molecule has 1 aliphatic heterocycles. The molecule has 0 radical (unpaired) electrons. The van der Waals surface area contributed by atoms with E-state index in [0.717, 1.165) is 31.9 Å². The van der Waals surface area contributed by atoms with Crippen molar-refractivity contribution in [2.75, 3.05) is 13.2 Å². The van der Waals surface area contributed by atoms with Crippen LogP contribution in [0.25, 0.3) is 6.08 Å². The zero-order chi connectivity index (χ0) is 14.4. The summed E-state index contributed by atoms with van der Waals surface area (Å²) in [5.41, 5.74) is 0.659. The lowest BCUT2D eigenvalue weighted by Gasteiger charge is -2.13. The predicted octanol–water partition coefficient (Wildman–Crippen LogP) is 3.39. The summed E-state index contributed by atoms with van der Waals surface area (Å²) >= 11 is 6.10. The molecule has 1 aromatic carbocycles. The van der Waals surface area contributed by atoms with Gasteiger partial charge in [0.05, 0.1) is 17.7 Å². The highest BCUT2D eigenvalue weighted by Gasteiger charge is 2.16. The van der Waals surface area contributed by atoms with E-state index >= 15 is 0 Å². The van der Waals surface area contributed by atoms with Gasteiger partial charge in [-0.15, -0.1) is 0 Å². The summed E-state index contributed by atoms with van der Waals surface area (Å²) in [5, 5.41) is 9.15. The Bertz CT molecular complexity index is 493. The maximum absolute atomic E-state index is 10.6. The van der Waals surface area contributed by atoms with E-state index in [1.807, 2.05) is 0 Å². The van der Waals surface area contributed by atoms with Gasteiger partial charge in [-0.1, -0.05) is 23.7 Å². The molecule has 0 aromatic heterocycles. The molecule has 0 spiro atoms. The van der Waals surface area contributed by atoms with Crippen LogP contribution in [0.3, 0.4) is 0 Å². The van der Waals surface area contributed by atoms with E-state index in [4.69, 9.17) is 26.2 Å². The lowest BCUT2D eigenvalue weighted by Crippen LogP contribution is -2.11. The number of halogens is 1. The first-order valence-corrected chi connectivity index (χ1v) is 6.98. The van der Waals surface area contributed by atoms with Gasteiger partial charge in [0.2, 0.25) is 0 Å². The third-order valence-electron chi connectivity index (χ3n) is 3.11. The van der Waals surface area contributed by atoms with Crippen LogP contribution in [-0.2, 0) is 9.53 Å². The first-order chi connectivity index (χ1) is 9.66. The van der Waals surface area contributed by atoms with Gasteiger partial charge in [-0.3, -0.25) is 0 Å². The minimum Gasteiger partial charge on any atom is -0.491 e. The Balaban J connectivity index is 1.99. The second-order valence-electron chi connectivity index (χ2n) is 4.60. The van der Waals surface area contributed by atoms with Gasteiger partial charge in [0.1, 0.15) is 5.75 Å². The van der Waals surface area contributed by atoms with E-state index in [2.05, 4.69) is 0 Å². The average molecular weight is 297 g/mol. The van der Waals surface area contributed by atoms with Crippen LogP contribution in [-0.4, -0.2) is 30.4 Å². The van der Waals surface area contributed by atoms with Gasteiger partial charge in [0, 0.05) is 24.7 Å². The molecule has 0 aliphatic carbocycles. The SMILES string of the molecule is O=C(O)/C=C/c1cccc(Cl)c1OCCC1CCCO1. The third-order valence-corrected chi connectivity index (χ3v) is 3.41. The number of carboxylic acid groups (broad SMARTS) is 1. The van der Waals surface area contributed by atoms with Crippen molar-refractivity contribution in [3.63, 3.8) is 0 Å². The molecule has 0 amide bonds. The Kier molecular flexibility index (Phi) is 5.44. The Labute approximate surface area is 123 Å². The molecule has 20 heavy (non-hydrogen) atoms. The molecule has 1 aromatic rings. The molecular formula is C15H17ClO4. The van der Waals surface area contributed by atoms with E-state index in [1.165, 1.54) is 6.08 Å². The number of hydrogen-bond acceptors (Lipinski definition) is 3. The summed E-state index contributed by atoms with van der Waals surface area (Å²) in [4.78, 5) is 10.6. The van der Waals surface area contributed by atoms with E-state index in [0.29, 0.717) is 22.9 Å².